The molecule has 0 heterocycles. The van der Waals surface area contributed by atoms with Crippen LogP contribution in [0.2, 0.25) is 10.0 Å². The molecule has 0 aromatic heterocycles. The van der Waals surface area contributed by atoms with E-state index in [1.54, 1.807) is 12.1 Å². The lowest BCUT2D eigenvalue weighted by Crippen LogP contribution is -2.30. The number of carbonyl (C=O) groups is 2. The zero-order valence-electron chi connectivity index (χ0n) is 11.7. The van der Waals surface area contributed by atoms with Crippen LogP contribution in [0.5, 0.6) is 0 Å². The Labute approximate surface area is 138 Å². The van der Waals surface area contributed by atoms with Crippen LogP contribution in [0.4, 0.5) is 0 Å². The highest BCUT2D eigenvalue weighted by atomic mass is 35.5. The van der Waals surface area contributed by atoms with E-state index in [0.29, 0.717) is 10.0 Å². The lowest BCUT2D eigenvalue weighted by atomic mass is 10.0. The number of primary amides is 1. The molecule has 116 valence electrons. The maximum atomic E-state index is 11.9. The molecule has 3 N–H and O–H groups in total. The van der Waals surface area contributed by atoms with E-state index < -0.39 is 5.91 Å². The van der Waals surface area contributed by atoms with E-state index in [0.717, 1.165) is 18.4 Å². The molecule has 0 saturated carbocycles. The zero-order chi connectivity index (χ0) is 15.8. The van der Waals surface area contributed by atoms with Gasteiger partial charge in [0.15, 0.2) is 0 Å². The van der Waals surface area contributed by atoms with E-state index in [9.17, 15) is 9.59 Å². The Bertz CT molecular complexity index is 512. The molecule has 0 aliphatic rings. The van der Waals surface area contributed by atoms with Crippen molar-refractivity contribution in [2.45, 2.75) is 25.8 Å². The summed E-state index contributed by atoms with van der Waals surface area (Å²) in [6.07, 6.45) is 1.71. The fourth-order valence-electron chi connectivity index (χ4n) is 1.82. The van der Waals surface area contributed by atoms with E-state index in [1.165, 1.54) is 11.8 Å². The van der Waals surface area contributed by atoms with Gasteiger partial charge in [-0.2, -0.15) is 0 Å². The first-order chi connectivity index (χ1) is 9.93. The van der Waals surface area contributed by atoms with Crippen molar-refractivity contribution in [2.75, 3.05) is 11.5 Å². The predicted octanol–water partition coefficient (Wildman–Crippen LogP) is 3.17. The van der Waals surface area contributed by atoms with Crippen LogP contribution in [0.3, 0.4) is 0 Å². The number of thioether (sulfide) groups is 1. The Hall–Kier alpha value is -0.910. The van der Waals surface area contributed by atoms with Gasteiger partial charge in [0.05, 0.1) is 27.6 Å². The molecule has 1 rings (SSSR count). The summed E-state index contributed by atoms with van der Waals surface area (Å²) in [6, 6.07) is 5.22. The van der Waals surface area contributed by atoms with Gasteiger partial charge in [0.1, 0.15) is 0 Å². The number of nitrogens with one attached hydrogen (secondary N) is 1. The first-order valence-corrected chi connectivity index (χ1v) is 8.45. The molecule has 7 heteroatoms. The molecule has 0 fully saturated rings. The van der Waals surface area contributed by atoms with Crippen LogP contribution in [0.25, 0.3) is 0 Å². The molecule has 1 aromatic carbocycles. The fraction of sp³-hybridized carbons (Fsp3) is 0.429. The number of halogens is 2. The molecule has 0 bridgehead atoms. The fourth-order valence-corrected chi connectivity index (χ4v) is 2.70. The van der Waals surface area contributed by atoms with E-state index >= 15 is 0 Å². The average molecular weight is 349 g/mol. The first-order valence-electron chi connectivity index (χ1n) is 6.54. The molecule has 0 aliphatic heterocycles. The summed E-state index contributed by atoms with van der Waals surface area (Å²) in [4.78, 5) is 22.5. The Morgan fingerprint density at radius 2 is 2.00 bits per heavy atom. The predicted molar refractivity (Wildman–Crippen MR) is 88.8 cm³/mol. The van der Waals surface area contributed by atoms with Crippen molar-refractivity contribution >= 4 is 46.8 Å². The second-order valence-corrected chi connectivity index (χ2v) is 6.34. The molecular weight excluding hydrogens is 331 g/mol. The SMILES string of the molecule is CCCC(NC(=O)CSCC(N)=O)c1ccc(Cl)c(Cl)c1. The summed E-state index contributed by atoms with van der Waals surface area (Å²) >= 11 is 13.1. The number of benzene rings is 1. The van der Waals surface area contributed by atoms with Gasteiger partial charge in [-0.3, -0.25) is 9.59 Å². The van der Waals surface area contributed by atoms with Crippen LogP contribution in [0.15, 0.2) is 18.2 Å². The summed E-state index contributed by atoms with van der Waals surface area (Å²) in [7, 11) is 0. The Morgan fingerprint density at radius 3 is 2.57 bits per heavy atom. The average Bonchev–Trinajstić information content (AvgIpc) is 2.41. The van der Waals surface area contributed by atoms with Gasteiger partial charge >= 0.3 is 0 Å². The molecular formula is C14H18Cl2N2O2S. The summed E-state index contributed by atoms with van der Waals surface area (Å²) in [5, 5.41) is 3.89. The van der Waals surface area contributed by atoms with Crippen molar-refractivity contribution in [3.63, 3.8) is 0 Å². The molecule has 0 radical (unpaired) electrons. The van der Waals surface area contributed by atoms with Crippen molar-refractivity contribution in [2.24, 2.45) is 5.73 Å². The van der Waals surface area contributed by atoms with Crippen LogP contribution in [-0.4, -0.2) is 23.3 Å². The molecule has 0 aliphatic carbocycles. The number of amides is 2. The highest BCUT2D eigenvalue weighted by Crippen LogP contribution is 2.27. The summed E-state index contributed by atoms with van der Waals surface area (Å²) in [5.41, 5.74) is 5.95. The molecule has 1 atom stereocenters. The van der Waals surface area contributed by atoms with Crippen molar-refractivity contribution in [3.8, 4) is 0 Å². The van der Waals surface area contributed by atoms with Gasteiger partial charge in [-0.25, -0.2) is 0 Å². The largest absolute Gasteiger partial charge is 0.369 e. The van der Waals surface area contributed by atoms with Crippen LogP contribution in [0, 0.1) is 0 Å². The van der Waals surface area contributed by atoms with Crippen LogP contribution >= 0.6 is 35.0 Å². The van der Waals surface area contributed by atoms with Gasteiger partial charge in [0, 0.05) is 0 Å². The number of carbonyl (C=O) groups excluding carboxylic acids is 2. The summed E-state index contributed by atoms with van der Waals surface area (Å²) in [5.74, 6) is -0.225. The molecule has 0 spiro atoms. The third-order valence-corrected chi connectivity index (χ3v) is 4.43. The number of rotatable bonds is 8. The van der Waals surface area contributed by atoms with Gasteiger partial charge < -0.3 is 11.1 Å². The molecule has 0 saturated heterocycles. The summed E-state index contributed by atoms with van der Waals surface area (Å²) < 4.78 is 0. The van der Waals surface area contributed by atoms with Gasteiger partial charge in [0.25, 0.3) is 0 Å². The third kappa shape index (κ3) is 6.59. The van der Waals surface area contributed by atoms with E-state index in [1.807, 2.05) is 13.0 Å². The molecule has 2 amide bonds. The minimum Gasteiger partial charge on any atom is -0.369 e. The minimum absolute atomic E-state index is 0.119. The van der Waals surface area contributed by atoms with Crippen molar-refractivity contribution in [1.82, 2.24) is 5.32 Å². The van der Waals surface area contributed by atoms with E-state index in [-0.39, 0.29) is 23.5 Å². The van der Waals surface area contributed by atoms with Crippen molar-refractivity contribution in [1.29, 1.82) is 0 Å². The number of hydrogen-bond acceptors (Lipinski definition) is 3. The number of nitrogens with two attached hydrogens (primary N) is 1. The topological polar surface area (TPSA) is 72.2 Å². The van der Waals surface area contributed by atoms with Gasteiger partial charge in [-0.1, -0.05) is 42.6 Å². The minimum atomic E-state index is -0.428. The van der Waals surface area contributed by atoms with Crippen LogP contribution in [0.1, 0.15) is 31.4 Å². The number of hydrogen-bond donors (Lipinski definition) is 2. The first kappa shape index (κ1) is 18.1. The Morgan fingerprint density at radius 1 is 1.29 bits per heavy atom. The maximum Gasteiger partial charge on any atom is 0.230 e. The molecule has 21 heavy (non-hydrogen) atoms. The molecule has 1 aromatic rings. The highest BCUT2D eigenvalue weighted by Gasteiger charge is 2.15. The normalized spacial score (nSPS) is 12.0. The second-order valence-electron chi connectivity index (χ2n) is 4.54. The molecule has 4 nitrogen and oxygen atoms in total. The molecule has 1 unspecified atom stereocenters. The van der Waals surface area contributed by atoms with Gasteiger partial charge in [-0.05, 0) is 24.1 Å². The monoisotopic (exact) mass is 348 g/mol. The zero-order valence-corrected chi connectivity index (χ0v) is 14.0. The standard InChI is InChI=1S/C14H18Cl2N2O2S/c1-2-3-12(9-4-5-10(15)11(16)6-9)18-14(20)8-21-7-13(17)19/h4-6,12H,2-3,7-8H2,1H3,(H2,17,19)(H,18,20). The van der Waals surface area contributed by atoms with E-state index in [4.69, 9.17) is 28.9 Å². The van der Waals surface area contributed by atoms with Crippen molar-refractivity contribution in [3.05, 3.63) is 33.8 Å². The quantitative estimate of drug-likeness (QED) is 0.757. The maximum absolute atomic E-state index is 11.9. The lowest BCUT2D eigenvalue weighted by Gasteiger charge is -2.19. The van der Waals surface area contributed by atoms with Crippen LogP contribution < -0.4 is 11.1 Å². The van der Waals surface area contributed by atoms with Gasteiger partial charge in [-0.15, -0.1) is 11.8 Å². The third-order valence-electron chi connectivity index (χ3n) is 2.74. The van der Waals surface area contributed by atoms with Crippen LogP contribution in [-0.2, 0) is 9.59 Å². The van der Waals surface area contributed by atoms with Crippen molar-refractivity contribution < 1.29 is 9.59 Å². The Balaban J connectivity index is 2.66. The van der Waals surface area contributed by atoms with Gasteiger partial charge in [0.2, 0.25) is 11.8 Å². The highest BCUT2D eigenvalue weighted by molar-refractivity contribution is 8.00. The smallest absolute Gasteiger partial charge is 0.230 e. The second kappa shape index (κ2) is 9.18. The summed E-state index contributed by atoms with van der Waals surface area (Å²) in [6.45, 7) is 2.04. The van der Waals surface area contributed by atoms with E-state index in [2.05, 4.69) is 5.32 Å². The lowest BCUT2D eigenvalue weighted by molar-refractivity contribution is -0.119. The Kier molecular flexibility index (Phi) is 7.93.